The molecule has 1 aromatic heterocycles. The van der Waals surface area contributed by atoms with Gasteiger partial charge in [-0.15, -0.1) is 0 Å². The molecule has 3 heteroatoms. The molecule has 0 aliphatic carbocycles. The topological polar surface area (TPSA) is 49.0 Å². The minimum atomic E-state index is 0.307. The summed E-state index contributed by atoms with van der Waals surface area (Å²) in [5.41, 5.74) is 1.27. The maximum atomic E-state index is 8.69. The molecular formula is C15H16N2O. The number of nitrogens with one attached hydrogen (secondary N) is 1. The Bertz CT molecular complexity index is 525. The van der Waals surface area contributed by atoms with Crippen molar-refractivity contribution in [2.45, 2.75) is 25.9 Å². The molecule has 1 unspecified atom stereocenters. The van der Waals surface area contributed by atoms with Crippen LogP contribution in [-0.2, 0) is 6.54 Å². The van der Waals surface area contributed by atoms with E-state index in [0.717, 1.165) is 12.2 Å². The van der Waals surface area contributed by atoms with Crippen LogP contribution < -0.4 is 5.32 Å². The highest BCUT2D eigenvalue weighted by molar-refractivity contribution is 5.20. The molecule has 2 aromatic rings. The Balaban J connectivity index is 1.98. The first-order valence-corrected chi connectivity index (χ1v) is 6.10. The van der Waals surface area contributed by atoms with Crippen LogP contribution in [-0.4, -0.2) is 0 Å². The molecule has 0 aliphatic rings. The van der Waals surface area contributed by atoms with E-state index in [1.165, 1.54) is 5.56 Å². The van der Waals surface area contributed by atoms with Crippen LogP contribution in [0.5, 0.6) is 0 Å². The van der Waals surface area contributed by atoms with Crippen LogP contribution in [0.15, 0.2) is 46.9 Å². The Kier molecular flexibility index (Phi) is 4.16. The van der Waals surface area contributed by atoms with Gasteiger partial charge in [0, 0.05) is 6.04 Å². The first kappa shape index (κ1) is 12.4. The van der Waals surface area contributed by atoms with Crippen LogP contribution in [0.25, 0.3) is 0 Å². The number of hydrogen-bond acceptors (Lipinski definition) is 3. The lowest BCUT2D eigenvalue weighted by Crippen LogP contribution is -2.19. The Morgan fingerprint density at radius 1 is 1.22 bits per heavy atom. The number of rotatable bonds is 5. The predicted molar refractivity (Wildman–Crippen MR) is 69.7 cm³/mol. The lowest BCUT2D eigenvalue weighted by Gasteiger charge is -2.16. The largest absolute Gasteiger partial charge is 0.449 e. The number of hydrogen-bond donors (Lipinski definition) is 1. The fourth-order valence-corrected chi connectivity index (χ4v) is 1.94. The summed E-state index contributed by atoms with van der Waals surface area (Å²) in [5.74, 6) is 1.15. The van der Waals surface area contributed by atoms with Crippen molar-refractivity contribution in [1.82, 2.24) is 5.32 Å². The molecule has 0 spiro atoms. The molecule has 18 heavy (non-hydrogen) atoms. The highest BCUT2D eigenvalue weighted by atomic mass is 16.3. The molecule has 0 radical (unpaired) electrons. The molecule has 1 atom stereocenters. The van der Waals surface area contributed by atoms with Gasteiger partial charge in [-0.1, -0.05) is 37.3 Å². The van der Waals surface area contributed by atoms with Gasteiger partial charge in [-0.2, -0.15) is 5.26 Å². The third-order valence-electron chi connectivity index (χ3n) is 2.90. The van der Waals surface area contributed by atoms with E-state index >= 15 is 0 Å². The first-order valence-electron chi connectivity index (χ1n) is 6.10. The average Bonchev–Trinajstić information content (AvgIpc) is 2.89. The zero-order valence-corrected chi connectivity index (χ0v) is 10.4. The van der Waals surface area contributed by atoms with Crippen LogP contribution in [0.4, 0.5) is 0 Å². The molecule has 0 bridgehead atoms. The number of benzene rings is 1. The van der Waals surface area contributed by atoms with Gasteiger partial charge in [-0.05, 0) is 24.1 Å². The van der Waals surface area contributed by atoms with Gasteiger partial charge in [0.2, 0.25) is 5.76 Å². The second-order valence-corrected chi connectivity index (χ2v) is 4.13. The van der Waals surface area contributed by atoms with E-state index < -0.39 is 0 Å². The van der Waals surface area contributed by atoms with Crippen molar-refractivity contribution in [2.24, 2.45) is 0 Å². The molecule has 0 saturated carbocycles. The zero-order valence-electron chi connectivity index (χ0n) is 10.4. The summed E-state index contributed by atoms with van der Waals surface area (Å²) < 4.78 is 5.34. The van der Waals surface area contributed by atoms with Crippen molar-refractivity contribution < 1.29 is 4.42 Å². The Hall–Kier alpha value is -2.05. The quantitative estimate of drug-likeness (QED) is 0.871. The highest BCUT2D eigenvalue weighted by Gasteiger charge is 2.09. The summed E-state index contributed by atoms with van der Waals surface area (Å²) in [6, 6.07) is 16.2. The van der Waals surface area contributed by atoms with Crippen molar-refractivity contribution in [1.29, 1.82) is 5.26 Å². The van der Waals surface area contributed by atoms with E-state index in [9.17, 15) is 0 Å². The standard InChI is InChI=1S/C15H16N2O/c1-2-15(12-6-4-3-5-7-12)17-11-14-9-8-13(10-16)18-14/h3-9,15,17H,2,11H2,1H3. The van der Waals surface area contributed by atoms with Crippen molar-refractivity contribution in [3.63, 3.8) is 0 Å². The van der Waals surface area contributed by atoms with Gasteiger partial charge in [0.15, 0.2) is 0 Å². The summed E-state index contributed by atoms with van der Waals surface area (Å²) in [6.07, 6.45) is 1.01. The minimum Gasteiger partial charge on any atom is -0.449 e. The fraction of sp³-hybridized carbons (Fsp3) is 0.267. The molecule has 0 fully saturated rings. The predicted octanol–water partition coefficient (Wildman–Crippen LogP) is 3.39. The smallest absolute Gasteiger partial charge is 0.203 e. The summed E-state index contributed by atoms with van der Waals surface area (Å²) in [4.78, 5) is 0. The molecule has 92 valence electrons. The number of nitrogens with zero attached hydrogens (tertiary/aromatic N) is 1. The molecule has 1 heterocycles. The van der Waals surface area contributed by atoms with Gasteiger partial charge in [0.25, 0.3) is 0 Å². The van der Waals surface area contributed by atoms with Crippen molar-refractivity contribution in [2.75, 3.05) is 0 Å². The molecule has 0 amide bonds. The molecule has 3 nitrogen and oxygen atoms in total. The summed E-state index contributed by atoms with van der Waals surface area (Å²) >= 11 is 0. The van der Waals surface area contributed by atoms with Crippen LogP contribution in [0.1, 0.15) is 36.5 Å². The summed E-state index contributed by atoms with van der Waals surface area (Å²) in [7, 11) is 0. The van der Waals surface area contributed by atoms with Crippen LogP contribution >= 0.6 is 0 Å². The van der Waals surface area contributed by atoms with Crippen molar-refractivity contribution in [3.8, 4) is 6.07 Å². The van der Waals surface area contributed by atoms with Crippen LogP contribution in [0, 0.1) is 11.3 Å². The minimum absolute atomic E-state index is 0.307. The van der Waals surface area contributed by atoms with Gasteiger partial charge in [-0.25, -0.2) is 0 Å². The molecule has 0 aliphatic heterocycles. The third-order valence-corrected chi connectivity index (χ3v) is 2.90. The maximum absolute atomic E-state index is 8.69. The zero-order chi connectivity index (χ0) is 12.8. The SMILES string of the molecule is CCC(NCc1ccc(C#N)o1)c1ccccc1. The van der Waals surface area contributed by atoms with Gasteiger partial charge >= 0.3 is 0 Å². The van der Waals surface area contributed by atoms with Gasteiger partial charge in [-0.3, -0.25) is 0 Å². The third kappa shape index (κ3) is 2.99. The van der Waals surface area contributed by atoms with E-state index in [0.29, 0.717) is 18.3 Å². The van der Waals surface area contributed by atoms with Gasteiger partial charge in [0.1, 0.15) is 11.8 Å². The molecular weight excluding hydrogens is 224 g/mol. The summed E-state index contributed by atoms with van der Waals surface area (Å²) in [6.45, 7) is 2.78. The molecule has 2 rings (SSSR count). The Morgan fingerprint density at radius 2 is 2.00 bits per heavy atom. The van der Waals surface area contributed by atoms with Crippen LogP contribution in [0.2, 0.25) is 0 Å². The van der Waals surface area contributed by atoms with E-state index in [4.69, 9.17) is 9.68 Å². The summed E-state index contributed by atoms with van der Waals surface area (Å²) in [5, 5.41) is 12.1. The Morgan fingerprint density at radius 3 is 2.61 bits per heavy atom. The first-order chi connectivity index (χ1) is 8.83. The fourth-order valence-electron chi connectivity index (χ4n) is 1.94. The van der Waals surface area contributed by atoms with Gasteiger partial charge in [0.05, 0.1) is 6.54 Å². The number of furan rings is 1. The van der Waals surface area contributed by atoms with E-state index in [-0.39, 0.29) is 0 Å². The van der Waals surface area contributed by atoms with Crippen molar-refractivity contribution >= 4 is 0 Å². The lowest BCUT2D eigenvalue weighted by atomic mass is 10.0. The van der Waals surface area contributed by atoms with Gasteiger partial charge < -0.3 is 9.73 Å². The van der Waals surface area contributed by atoms with E-state index in [2.05, 4.69) is 24.4 Å². The number of nitriles is 1. The Labute approximate surface area is 107 Å². The highest BCUT2D eigenvalue weighted by Crippen LogP contribution is 2.17. The second-order valence-electron chi connectivity index (χ2n) is 4.13. The molecule has 0 saturated heterocycles. The monoisotopic (exact) mass is 240 g/mol. The van der Waals surface area contributed by atoms with E-state index in [1.807, 2.05) is 30.3 Å². The van der Waals surface area contributed by atoms with Crippen LogP contribution in [0.3, 0.4) is 0 Å². The molecule has 1 N–H and O–H groups in total. The molecule has 1 aromatic carbocycles. The second kappa shape index (κ2) is 6.04. The van der Waals surface area contributed by atoms with E-state index in [1.54, 1.807) is 6.07 Å². The van der Waals surface area contributed by atoms with Crippen molar-refractivity contribution in [3.05, 3.63) is 59.5 Å². The normalized spacial score (nSPS) is 12.0. The lowest BCUT2D eigenvalue weighted by molar-refractivity contribution is 0.438. The maximum Gasteiger partial charge on any atom is 0.203 e. The average molecular weight is 240 g/mol.